The molecule has 6 nitrogen and oxygen atoms in total. The second kappa shape index (κ2) is 7.20. The van der Waals surface area contributed by atoms with Gasteiger partial charge in [0, 0.05) is 42.1 Å². The lowest BCUT2D eigenvalue weighted by Crippen LogP contribution is -2.07. The average Bonchev–Trinajstić information content (AvgIpc) is 3.52. The Hall–Kier alpha value is -3.65. The van der Waals surface area contributed by atoms with Gasteiger partial charge in [0.25, 0.3) is 0 Å². The summed E-state index contributed by atoms with van der Waals surface area (Å²) in [7, 11) is 0. The molecule has 3 aromatic heterocycles. The van der Waals surface area contributed by atoms with Gasteiger partial charge >= 0.3 is 0 Å². The number of rotatable bonds is 3. The van der Waals surface area contributed by atoms with Crippen molar-refractivity contribution in [1.29, 1.82) is 0 Å². The Labute approximate surface area is 186 Å². The predicted octanol–water partition coefficient (Wildman–Crippen LogP) is 4.74. The lowest BCUT2D eigenvalue weighted by atomic mass is 9.99. The normalized spacial score (nSPS) is 15.0. The van der Waals surface area contributed by atoms with Gasteiger partial charge in [0.2, 0.25) is 0 Å². The summed E-state index contributed by atoms with van der Waals surface area (Å²) in [5.41, 5.74) is 4.13. The van der Waals surface area contributed by atoms with Gasteiger partial charge < -0.3 is 9.88 Å². The zero-order valence-corrected chi connectivity index (χ0v) is 17.4. The molecule has 158 valence electrons. The summed E-state index contributed by atoms with van der Waals surface area (Å²) in [5, 5.41) is 3.13. The Morgan fingerprint density at radius 1 is 1.00 bits per heavy atom. The van der Waals surface area contributed by atoms with E-state index in [2.05, 4.69) is 24.8 Å². The van der Waals surface area contributed by atoms with Crippen molar-refractivity contribution in [2.45, 2.75) is 6.54 Å². The molecule has 0 bridgehead atoms. The van der Waals surface area contributed by atoms with Crippen molar-refractivity contribution >= 4 is 39.7 Å². The van der Waals surface area contributed by atoms with E-state index >= 15 is 0 Å². The van der Waals surface area contributed by atoms with Gasteiger partial charge in [-0.3, -0.25) is 9.98 Å². The van der Waals surface area contributed by atoms with E-state index in [4.69, 9.17) is 16.6 Å². The maximum absolute atomic E-state index is 14.5. The lowest BCUT2D eigenvalue weighted by Gasteiger charge is -2.10. The molecule has 4 aromatic rings. The second-order valence-corrected chi connectivity index (χ2v) is 7.96. The van der Waals surface area contributed by atoms with Gasteiger partial charge in [-0.2, -0.15) is 0 Å². The molecule has 0 fully saturated rings. The van der Waals surface area contributed by atoms with Crippen LogP contribution in [-0.4, -0.2) is 38.3 Å². The van der Waals surface area contributed by atoms with Crippen molar-refractivity contribution in [1.82, 2.24) is 19.5 Å². The fourth-order valence-electron chi connectivity index (χ4n) is 4.12. The zero-order valence-electron chi connectivity index (χ0n) is 16.6. The van der Waals surface area contributed by atoms with E-state index in [1.54, 1.807) is 6.20 Å². The SMILES string of the molecule is Fc1cc(F)c(C2=NCC=C2c2ccc3ncc(-c4ncc5n4CCN5)cc3n2)cc1Cl. The quantitative estimate of drug-likeness (QED) is 0.460. The number of aromatic nitrogens is 4. The molecule has 1 aromatic carbocycles. The van der Waals surface area contributed by atoms with Crippen LogP contribution in [0.1, 0.15) is 11.3 Å². The van der Waals surface area contributed by atoms with Crippen molar-refractivity contribution in [3.8, 4) is 11.4 Å². The van der Waals surface area contributed by atoms with Gasteiger partial charge in [-0.1, -0.05) is 17.7 Å². The van der Waals surface area contributed by atoms with E-state index in [0.29, 0.717) is 29.0 Å². The maximum atomic E-state index is 14.5. The van der Waals surface area contributed by atoms with Crippen LogP contribution in [0.4, 0.5) is 14.6 Å². The summed E-state index contributed by atoms with van der Waals surface area (Å²) in [4.78, 5) is 18.2. The Kier molecular flexibility index (Phi) is 4.29. The Morgan fingerprint density at radius 2 is 1.91 bits per heavy atom. The highest BCUT2D eigenvalue weighted by atomic mass is 35.5. The first-order chi connectivity index (χ1) is 15.6. The molecule has 0 radical (unpaired) electrons. The third-order valence-electron chi connectivity index (χ3n) is 5.63. The molecule has 6 rings (SSSR count). The van der Waals surface area contributed by atoms with E-state index in [-0.39, 0.29) is 10.6 Å². The van der Waals surface area contributed by atoms with Crippen molar-refractivity contribution in [2.24, 2.45) is 4.99 Å². The number of anilines is 1. The van der Waals surface area contributed by atoms with E-state index in [1.807, 2.05) is 30.5 Å². The zero-order chi connectivity index (χ0) is 21.8. The number of imidazole rings is 1. The minimum absolute atomic E-state index is 0.148. The van der Waals surface area contributed by atoms with Gasteiger partial charge in [-0.15, -0.1) is 0 Å². The smallest absolute Gasteiger partial charge is 0.144 e. The first-order valence-electron chi connectivity index (χ1n) is 10.1. The van der Waals surface area contributed by atoms with E-state index in [1.165, 1.54) is 6.07 Å². The molecule has 1 N–H and O–H groups in total. The van der Waals surface area contributed by atoms with Gasteiger partial charge in [0.15, 0.2) is 0 Å². The largest absolute Gasteiger partial charge is 0.368 e. The fourth-order valence-corrected chi connectivity index (χ4v) is 4.28. The van der Waals surface area contributed by atoms with Crippen LogP contribution in [0.15, 0.2) is 53.8 Å². The number of halogens is 3. The molecule has 32 heavy (non-hydrogen) atoms. The number of nitrogens with one attached hydrogen (secondary N) is 1. The maximum Gasteiger partial charge on any atom is 0.144 e. The molecule has 0 atom stereocenters. The first-order valence-corrected chi connectivity index (χ1v) is 10.4. The molecule has 0 amide bonds. The van der Waals surface area contributed by atoms with E-state index < -0.39 is 11.6 Å². The molecular weight excluding hydrogens is 434 g/mol. The summed E-state index contributed by atoms with van der Waals surface area (Å²) in [6.45, 7) is 2.09. The Morgan fingerprint density at radius 3 is 2.81 bits per heavy atom. The van der Waals surface area contributed by atoms with Crippen molar-refractivity contribution in [3.63, 3.8) is 0 Å². The molecular formula is C23H15ClF2N6. The van der Waals surface area contributed by atoms with Crippen LogP contribution < -0.4 is 5.32 Å². The summed E-state index contributed by atoms with van der Waals surface area (Å²) in [5.74, 6) is 0.292. The predicted molar refractivity (Wildman–Crippen MR) is 120 cm³/mol. The minimum atomic E-state index is -0.805. The van der Waals surface area contributed by atoms with Crippen molar-refractivity contribution < 1.29 is 8.78 Å². The van der Waals surface area contributed by atoms with E-state index in [0.717, 1.165) is 41.9 Å². The van der Waals surface area contributed by atoms with Crippen LogP contribution in [0.25, 0.3) is 28.0 Å². The molecule has 2 aliphatic rings. The number of allylic oxidation sites excluding steroid dienone is 1. The standard InChI is InChI=1S/C23H15ClF2N6/c24-15-8-14(16(25)9-17(15)26)22-13(3-4-28-22)18-1-2-19-20(31-18)7-12(10-29-19)23-30-11-21-27-5-6-32(21)23/h1-3,7-11,27H,4-6H2. The first kappa shape index (κ1) is 19.1. The molecule has 2 aliphatic heterocycles. The highest BCUT2D eigenvalue weighted by Crippen LogP contribution is 2.30. The van der Waals surface area contributed by atoms with Crippen LogP contribution >= 0.6 is 11.6 Å². The molecule has 0 unspecified atom stereocenters. The van der Waals surface area contributed by atoms with Crippen LogP contribution in [0.2, 0.25) is 5.02 Å². The summed E-state index contributed by atoms with van der Waals surface area (Å²) < 4.78 is 30.2. The number of benzene rings is 1. The highest BCUT2D eigenvalue weighted by Gasteiger charge is 2.22. The van der Waals surface area contributed by atoms with Gasteiger partial charge in [0.05, 0.1) is 40.2 Å². The third kappa shape index (κ3) is 2.98. The Bertz CT molecular complexity index is 1470. The average molecular weight is 449 g/mol. The number of aliphatic imine (C=N–C) groups is 1. The summed E-state index contributed by atoms with van der Waals surface area (Å²) in [6, 6.07) is 7.67. The lowest BCUT2D eigenvalue weighted by molar-refractivity contribution is 0.582. The number of nitrogens with zero attached hydrogens (tertiary/aromatic N) is 5. The van der Waals surface area contributed by atoms with Crippen LogP contribution in [0.3, 0.4) is 0 Å². The Balaban J connectivity index is 1.41. The molecule has 0 saturated carbocycles. The fraction of sp³-hybridized carbons (Fsp3) is 0.130. The third-order valence-corrected chi connectivity index (χ3v) is 5.92. The minimum Gasteiger partial charge on any atom is -0.368 e. The van der Waals surface area contributed by atoms with Crippen LogP contribution in [0.5, 0.6) is 0 Å². The number of fused-ring (bicyclic) bond motifs is 2. The highest BCUT2D eigenvalue weighted by molar-refractivity contribution is 6.35. The number of hydrogen-bond acceptors (Lipinski definition) is 5. The number of pyridine rings is 2. The molecule has 0 spiro atoms. The van der Waals surface area contributed by atoms with Crippen molar-refractivity contribution in [3.05, 3.63) is 76.7 Å². The van der Waals surface area contributed by atoms with Gasteiger partial charge in [0.1, 0.15) is 23.3 Å². The molecule has 0 saturated heterocycles. The molecule has 5 heterocycles. The van der Waals surface area contributed by atoms with Crippen molar-refractivity contribution in [2.75, 3.05) is 18.4 Å². The van der Waals surface area contributed by atoms with Crippen LogP contribution in [-0.2, 0) is 6.54 Å². The van der Waals surface area contributed by atoms with Gasteiger partial charge in [-0.25, -0.2) is 18.7 Å². The topological polar surface area (TPSA) is 68.0 Å². The van der Waals surface area contributed by atoms with E-state index in [9.17, 15) is 8.78 Å². The summed E-state index contributed by atoms with van der Waals surface area (Å²) >= 11 is 5.89. The number of hydrogen-bond donors (Lipinski definition) is 1. The van der Waals surface area contributed by atoms with Crippen LogP contribution in [0, 0.1) is 11.6 Å². The molecule has 9 heteroatoms. The monoisotopic (exact) mass is 448 g/mol. The summed E-state index contributed by atoms with van der Waals surface area (Å²) in [6.07, 6.45) is 5.46. The van der Waals surface area contributed by atoms with Gasteiger partial charge in [-0.05, 0) is 24.3 Å². The second-order valence-electron chi connectivity index (χ2n) is 7.56. The molecule has 0 aliphatic carbocycles.